The molecule has 0 spiro atoms. The number of benzene rings is 2. The zero-order valence-corrected chi connectivity index (χ0v) is 19.6. The highest BCUT2D eigenvalue weighted by molar-refractivity contribution is 9.10. The molecule has 1 aliphatic rings. The highest BCUT2D eigenvalue weighted by Gasteiger charge is 2.34. The molecule has 166 valence electrons. The molecule has 2 amide bonds. The molecule has 1 aliphatic heterocycles. The van der Waals surface area contributed by atoms with Crippen LogP contribution in [0.15, 0.2) is 46.4 Å². The van der Waals surface area contributed by atoms with Crippen molar-refractivity contribution in [3.63, 3.8) is 0 Å². The molecule has 1 fully saturated rings. The molecule has 32 heavy (non-hydrogen) atoms. The van der Waals surface area contributed by atoms with Crippen LogP contribution in [0.3, 0.4) is 0 Å². The quantitative estimate of drug-likeness (QED) is 0.329. The Labute approximate surface area is 197 Å². The van der Waals surface area contributed by atoms with Crippen LogP contribution in [0.2, 0.25) is 0 Å². The van der Waals surface area contributed by atoms with Gasteiger partial charge in [-0.05, 0) is 76.0 Å². The lowest BCUT2D eigenvalue weighted by atomic mass is 10.1. The normalized spacial score (nSPS) is 15.0. The van der Waals surface area contributed by atoms with Gasteiger partial charge in [0.15, 0.2) is 23.2 Å². The van der Waals surface area contributed by atoms with E-state index in [4.69, 9.17) is 26.8 Å². The van der Waals surface area contributed by atoms with Gasteiger partial charge in [-0.15, -0.1) is 0 Å². The first kappa shape index (κ1) is 23.4. The number of carbonyl (C=O) groups is 3. The second-order valence-corrected chi connectivity index (χ2v) is 7.94. The Hall–Kier alpha value is -3.24. The van der Waals surface area contributed by atoms with Crippen LogP contribution in [0.4, 0.5) is 5.69 Å². The monoisotopic (exact) mass is 518 g/mol. The van der Waals surface area contributed by atoms with Gasteiger partial charge in [-0.25, -0.2) is 4.79 Å². The van der Waals surface area contributed by atoms with E-state index in [1.807, 2.05) is 19.1 Å². The number of aryl methyl sites for hydroxylation is 1. The number of carboxylic acid groups (broad SMARTS) is 1. The van der Waals surface area contributed by atoms with Crippen molar-refractivity contribution in [1.29, 1.82) is 0 Å². The lowest BCUT2D eigenvalue weighted by molar-refractivity contribution is -0.139. The predicted octanol–water partition coefficient (Wildman–Crippen LogP) is 3.31. The number of carbonyl (C=O) groups excluding carboxylic acids is 2. The second-order valence-electron chi connectivity index (χ2n) is 6.69. The third-order valence-corrected chi connectivity index (χ3v) is 5.48. The van der Waals surface area contributed by atoms with Crippen molar-refractivity contribution in [3.8, 4) is 11.5 Å². The molecule has 0 atom stereocenters. The number of carboxylic acids is 1. The summed E-state index contributed by atoms with van der Waals surface area (Å²) in [5.41, 5.74) is 1.99. The van der Waals surface area contributed by atoms with E-state index in [-0.39, 0.29) is 22.2 Å². The van der Waals surface area contributed by atoms with Crippen LogP contribution in [0.1, 0.15) is 18.1 Å². The summed E-state index contributed by atoms with van der Waals surface area (Å²) in [6, 6.07) is 10.4. The predicted molar refractivity (Wildman–Crippen MR) is 126 cm³/mol. The summed E-state index contributed by atoms with van der Waals surface area (Å²) in [6.45, 7) is 1.47. The Bertz CT molecular complexity index is 1130. The fourth-order valence-electron chi connectivity index (χ4n) is 3.04. The number of halogens is 1. The number of amides is 2. The average Bonchev–Trinajstić information content (AvgIpc) is 2.75. The van der Waals surface area contributed by atoms with Crippen molar-refractivity contribution in [3.05, 3.63) is 57.6 Å². The Morgan fingerprint density at radius 3 is 2.53 bits per heavy atom. The molecule has 0 saturated carbocycles. The topological polar surface area (TPSA) is 105 Å². The highest BCUT2D eigenvalue weighted by atomic mass is 79.9. The van der Waals surface area contributed by atoms with Gasteiger partial charge in [-0.3, -0.25) is 19.8 Å². The van der Waals surface area contributed by atoms with Gasteiger partial charge in [0.1, 0.15) is 5.57 Å². The van der Waals surface area contributed by atoms with Crippen molar-refractivity contribution < 1.29 is 29.0 Å². The maximum atomic E-state index is 13.2. The molecule has 2 N–H and O–H groups in total. The molecule has 1 heterocycles. The fourth-order valence-corrected chi connectivity index (χ4v) is 3.89. The molecular weight excluding hydrogens is 500 g/mol. The molecule has 0 aromatic heterocycles. The Kier molecular flexibility index (Phi) is 7.26. The number of hydrogen-bond donors (Lipinski definition) is 2. The summed E-state index contributed by atoms with van der Waals surface area (Å²) >= 11 is 8.54. The molecule has 0 aliphatic carbocycles. The van der Waals surface area contributed by atoms with Gasteiger partial charge < -0.3 is 14.6 Å². The number of ether oxygens (including phenoxy) is 2. The van der Waals surface area contributed by atoms with E-state index in [1.165, 1.54) is 24.2 Å². The van der Waals surface area contributed by atoms with Crippen LogP contribution in [-0.4, -0.2) is 41.7 Å². The zero-order valence-electron chi connectivity index (χ0n) is 17.2. The average molecular weight is 519 g/mol. The Balaban J connectivity index is 1.98. The van der Waals surface area contributed by atoms with Gasteiger partial charge >= 0.3 is 5.97 Å². The van der Waals surface area contributed by atoms with Gasteiger partial charge in [0.2, 0.25) is 0 Å². The number of aliphatic carboxylic acids is 1. The molecule has 0 radical (unpaired) electrons. The zero-order chi connectivity index (χ0) is 23.4. The van der Waals surface area contributed by atoms with Gasteiger partial charge in [0, 0.05) is 0 Å². The third kappa shape index (κ3) is 4.97. The first-order valence-corrected chi connectivity index (χ1v) is 10.7. The van der Waals surface area contributed by atoms with Crippen molar-refractivity contribution in [1.82, 2.24) is 5.32 Å². The lowest BCUT2D eigenvalue weighted by Gasteiger charge is -2.29. The van der Waals surface area contributed by atoms with Gasteiger partial charge in [0.05, 0.1) is 17.3 Å². The van der Waals surface area contributed by atoms with E-state index < -0.39 is 24.4 Å². The standard InChI is InChI=1S/C22H19BrN2O6S/c1-3-12-4-6-14(7-5-12)25-21(29)15(20(28)24-22(25)32)8-13-9-16(23)19(17(10-13)30-2)31-11-18(26)27/h4-10H,3,11H2,1-2H3,(H,26,27)(H,24,28,32)/b15-8+. The molecule has 10 heteroatoms. The summed E-state index contributed by atoms with van der Waals surface area (Å²) in [5, 5.41) is 11.4. The Morgan fingerprint density at radius 2 is 1.94 bits per heavy atom. The molecular formula is C22H19BrN2O6S. The van der Waals surface area contributed by atoms with E-state index in [0.29, 0.717) is 15.7 Å². The summed E-state index contributed by atoms with van der Waals surface area (Å²) in [6.07, 6.45) is 2.25. The number of rotatable bonds is 7. The second kappa shape index (κ2) is 9.92. The van der Waals surface area contributed by atoms with E-state index in [1.54, 1.807) is 18.2 Å². The molecule has 3 rings (SSSR count). The van der Waals surface area contributed by atoms with Crippen molar-refractivity contribution in [2.24, 2.45) is 0 Å². The summed E-state index contributed by atoms with van der Waals surface area (Å²) in [4.78, 5) is 37.8. The van der Waals surface area contributed by atoms with Crippen LogP contribution in [0.25, 0.3) is 6.08 Å². The number of nitrogens with zero attached hydrogens (tertiary/aromatic N) is 1. The minimum Gasteiger partial charge on any atom is -0.493 e. The molecule has 2 aromatic rings. The van der Waals surface area contributed by atoms with Crippen molar-refractivity contribution >= 4 is 62.8 Å². The number of hydrogen-bond acceptors (Lipinski definition) is 6. The van der Waals surface area contributed by atoms with E-state index in [9.17, 15) is 14.4 Å². The molecule has 0 bridgehead atoms. The van der Waals surface area contributed by atoms with Crippen LogP contribution in [0.5, 0.6) is 11.5 Å². The summed E-state index contributed by atoms with van der Waals surface area (Å²) < 4.78 is 10.9. The first-order valence-electron chi connectivity index (χ1n) is 9.47. The number of nitrogens with one attached hydrogen (secondary N) is 1. The van der Waals surface area contributed by atoms with Crippen LogP contribution in [0, 0.1) is 0 Å². The number of thiocarbonyl (C=S) groups is 1. The SMILES string of the molecule is CCc1ccc(N2C(=O)/C(=C/c3cc(Br)c(OCC(=O)O)c(OC)c3)C(=O)NC2=S)cc1. The minimum atomic E-state index is -1.14. The Morgan fingerprint density at radius 1 is 1.25 bits per heavy atom. The van der Waals surface area contributed by atoms with Gasteiger partial charge in [-0.1, -0.05) is 19.1 Å². The van der Waals surface area contributed by atoms with Crippen LogP contribution >= 0.6 is 28.1 Å². The van der Waals surface area contributed by atoms with E-state index in [0.717, 1.165) is 12.0 Å². The van der Waals surface area contributed by atoms with Gasteiger partial charge in [0.25, 0.3) is 11.8 Å². The molecule has 8 nitrogen and oxygen atoms in total. The van der Waals surface area contributed by atoms with Crippen LogP contribution < -0.4 is 19.7 Å². The van der Waals surface area contributed by atoms with E-state index >= 15 is 0 Å². The third-order valence-electron chi connectivity index (χ3n) is 4.61. The largest absolute Gasteiger partial charge is 0.493 e. The number of anilines is 1. The minimum absolute atomic E-state index is 0.00224. The fraction of sp³-hybridized carbons (Fsp3) is 0.182. The molecule has 0 unspecified atom stereocenters. The lowest BCUT2D eigenvalue weighted by Crippen LogP contribution is -2.54. The smallest absolute Gasteiger partial charge is 0.341 e. The molecule has 1 saturated heterocycles. The number of methoxy groups -OCH3 is 1. The first-order chi connectivity index (χ1) is 15.2. The highest BCUT2D eigenvalue weighted by Crippen LogP contribution is 2.37. The van der Waals surface area contributed by atoms with E-state index in [2.05, 4.69) is 21.2 Å². The van der Waals surface area contributed by atoms with Crippen molar-refractivity contribution in [2.45, 2.75) is 13.3 Å². The molecule has 2 aromatic carbocycles. The maximum absolute atomic E-state index is 13.2. The van der Waals surface area contributed by atoms with Gasteiger partial charge in [-0.2, -0.15) is 0 Å². The van der Waals surface area contributed by atoms with Crippen molar-refractivity contribution in [2.75, 3.05) is 18.6 Å². The summed E-state index contributed by atoms with van der Waals surface area (Å²) in [7, 11) is 1.39. The maximum Gasteiger partial charge on any atom is 0.341 e. The summed E-state index contributed by atoms with van der Waals surface area (Å²) in [5.74, 6) is -1.90. The van der Waals surface area contributed by atoms with Crippen LogP contribution in [-0.2, 0) is 20.8 Å².